The summed E-state index contributed by atoms with van der Waals surface area (Å²) < 4.78 is 4.63. The van der Waals surface area contributed by atoms with Crippen molar-refractivity contribution >= 4 is 31.7 Å². The van der Waals surface area contributed by atoms with E-state index in [1.807, 2.05) is 27.7 Å². The van der Waals surface area contributed by atoms with E-state index < -0.39 is 12.0 Å². The van der Waals surface area contributed by atoms with Gasteiger partial charge in [0.15, 0.2) is 0 Å². The van der Waals surface area contributed by atoms with Crippen molar-refractivity contribution in [3.05, 3.63) is 0 Å². The summed E-state index contributed by atoms with van der Waals surface area (Å²) in [5.41, 5.74) is -0.310. The minimum atomic E-state index is -0.622. The Morgan fingerprint density at radius 3 is 2.25 bits per heavy atom. The van der Waals surface area contributed by atoms with E-state index in [0.29, 0.717) is 12.8 Å². The number of hydrogen-bond donors (Lipinski definition) is 2. The number of rotatable bonds is 8. The Labute approximate surface area is 128 Å². The first-order valence-electron chi connectivity index (χ1n) is 6.51. The first-order valence-corrected chi connectivity index (χ1v) is 8.80. The van der Waals surface area contributed by atoms with Crippen LogP contribution < -0.4 is 10.6 Å². The van der Waals surface area contributed by atoms with Gasteiger partial charge >= 0.3 is 5.97 Å². The normalized spacial score (nSPS) is 13.8. The Kier molecular flexibility index (Phi) is 8.07. The molecule has 0 heterocycles. The standard InChI is InChI=1S/C13H27N2O3PS/c1-12(2,14-5)8-10(16)15-9(11(17)18-6)7-13(3,4)20-19/h9,14H,7-8,19H2,1-6H3,(H,15,16)/t9-/m1/s1. The van der Waals surface area contributed by atoms with Crippen LogP contribution in [-0.4, -0.2) is 42.4 Å². The summed E-state index contributed by atoms with van der Waals surface area (Å²) in [5.74, 6) is -0.572. The summed E-state index contributed by atoms with van der Waals surface area (Å²) in [6.45, 7) is 7.90. The number of amides is 1. The number of methoxy groups -OCH3 is 1. The van der Waals surface area contributed by atoms with Gasteiger partial charge in [-0.25, -0.2) is 4.79 Å². The molecule has 7 heteroatoms. The van der Waals surface area contributed by atoms with Gasteiger partial charge in [0, 0.05) is 16.7 Å². The maximum atomic E-state index is 12.1. The summed E-state index contributed by atoms with van der Waals surface area (Å²) in [4.78, 5) is 23.9. The van der Waals surface area contributed by atoms with Crippen molar-refractivity contribution in [3.63, 3.8) is 0 Å². The molecule has 0 aliphatic heterocycles. The second-order valence-electron chi connectivity index (χ2n) is 6.04. The highest BCUT2D eigenvalue weighted by Gasteiger charge is 2.30. The lowest BCUT2D eigenvalue weighted by Gasteiger charge is -2.28. The predicted molar refractivity (Wildman–Crippen MR) is 87.7 cm³/mol. The summed E-state index contributed by atoms with van der Waals surface area (Å²) in [6.07, 6.45) is 0.811. The molecule has 0 rings (SSSR count). The van der Waals surface area contributed by atoms with Crippen LogP contribution in [0.2, 0.25) is 0 Å². The number of carbonyl (C=O) groups is 2. The van der Waals surface area contributed by atoms with Crippen molar-refractivity contribution in [2.75, 3.05) is 14.2 Å². The molecule has 0 fully saturated rings. The van der Waals surface area contributed by atoms with Crippen LogP contribution in [0, 0.1) is 0 Å². The van der Waals surface area contributed by atoms with Crippen molar-refractivity contribution in [2.45, 2.75) is 56.9 Å². The van der Waals surface area contributed by atoms with E-state index in [1.54, 1.807) is 18.4 Å². The number of nitrogens with one attached hydrogen (secondary N) is 2. The van der Waals surface area contributed by atoms with Gasteiger partial charge in [-0.05, 0) is 27.3 Å². The number of carbonyl (C=O) groups excluding carboxylic acids is 2. The molecule has 118 valence electrons. The molecule has 0 aliphatic rings. The topological polar surface area (TPSA) is 67.4 Å². The van der Waals surface area contributed by atoms with Gasteiger partial charge in [0.2, 0.25) is 5.91 Å². The average Bonchev–Trinajstić information content (AvgIpc) is 2.36. The summed E-state index contributed by atoms with van der Waals surface area (Å²) in [6, 6.07) is -0.622. The van der Waals surface area contributed by atoms with E-state index in [4.69, 9.17) is 4.74 Å². The molecule has 0 saturated heterocycles. The largest absolute Gasteiger partial charge is 0.467 e. The van der Waals surface area contributed by atoms with Crippen LogP contribution in [0.5, 0.6) is 0 Å². The zero-order valence-corrected chi connectivity index (χ0v) is 15.2. The van der Waals surface area contributed by atoms with Gasteiger partial charge in [-0.15, -0.1) is 11.4 Å². The molecule has 5 nitrogen and oxygen atoms in total. The molecule has 0 bridgehead atoms. The molecule has 20 heavy (non-hydrogen) atoms. The lowest BCUT2D eigenvalue weighted by Crippen LogP contribution is -2.48. The molecule has 1 amide bonds. The van der Waals surface area contributed by atoms with Gasteiger partial charge in [0.1, 0.15) is 6.04 Å². The SMILES string of the molecule is CNC(C)(C)CC(=O)N[C@H](CC(C)(C)SP)C(=O)OC. The van der Waals surface area contributed by atoms with E-state index in [1.165, 1.54) is 7.11 Å². The molecular formula is C13H27N2O3PS. The van der Waals surface area contributed by atoms with E-state index in [-0.39, 0.29) is 16.2 Å². The molecule has 0 aromatic carbocycles. The fourth-order valence-corrected chi connectivity index (χ4v) is 2.16. The Balaban J connectivity index is 4.75. The molecule has 0 radical (unpaired) electrons. The Morgan fingerprint density at radius 1 is 1.30 bits per heavy atom. The summed E-state index contributed by atoms with van der Waals surface area (Å²) in [7, 11) is 5.73. The third-order valence-electron chi connectivity index (χ3n) is 3.11. The van der Waals surface area contributed by atoms with Crippen LogP contribution in [0.15, 0.2) is 0 Å². The number of hydrogen-bond acceptors (Lipinski definition) is 5. The van der Waals surface area contributed by atoms with Gasteiger partial charge in [-0.1, -0.05) is 22.3 Å². The zero-order chi connectivity index (χ0) is 16.0. The van der Waals surface area contributed by atoms with E-state index >= 15 is 0 Å². The van der Waals surface area contributed by atoms with Gasteiger partial charge in [0.05, 0.1) is 7.11 Å². The van der Waals surface area contributed by atoms with Gasteiger partial charge in [-0.2, -0.15) is 0 Å². The molecule has 0 aromatic heterocycles. The van der Waals surface area contributed by atoms with Crippen LogP contribution in [0.3, 0.4) is 0 Å². The zero-order valence-electron chi connectivity index (χ0n) is 13.2. The van der Waals surface area contributed by atoms with Crippen molar-refractivity contribution in [3.8, 4) is 0 Å². The molecule has 2 atom stereocenters. The minimum absolute atomic E-state index is 0.144. The maximum absolute atomic E-state index is 12.1. The third kappa shape index (κ3) is 7.46. The summed E-state index contributed by atoms with van der Waals surface area (Å²) >= 11 is 1.57. The second kappa shape index (κ2) is 8.20. The van der Waals surface area contributed by atoms with Crippen LogP contribution in [0.25, 0.3) is 0 Å². The maximum Gasteiger partial charge on any atom is 0.328 e. The van der Waals surface area contributed by atoms with Crippen LogP contribution in [0.1, 0.15) is 40.5 Å². The van der Waals surface area contributed by atoms with Crippen molar-refractivity contribution in [1.82, 2.24) is 10.6 Å². The number of ether oxygens (including phenoxy) is 1. The highest BCUT2D eigenvalue weighted by atomic mass is 32.7. The predicted octanol–water partition coefficient (Wildman–Crippen LogP) is 1.72. The fourth-order valence-electron chi connectivity index (χ4n) is 1.61. The van der Waals surface area contributed by atoms with Crippen LogP contribution >= 0.6 is 19.8 Å². The molecule has 0 spiro atoms. The molecular weight excluding hydrogens is 295 g/mol. The quantitative estimate of drug-likeness (QED) is 0.526. The lowest BCUT2D eigenvalue weighted by atomic mass is 9.99. The van der Waals surface area contributed by atoms with Gasteiger partial charge in [-0.3, -0.25) is 4.79 Å². The van der Waals surface area contributed by atoms with E-state index in [0.717, 1.165) is 0 Å². The van der Waals surface area contributed by atoms with Gasteiger partial charge in [0.25, 0.3) is 0 Å². The van der Waals surface area contributed by atoms with E-state index in [2.05, 4.69) is 19.1 Å². The first-order chi connectivity index (χ1) is 9.06. The average molecular weight is 322 g/mol. The number of esters is 1. The Morgan fingerprint density at radius 2 is 1.85 bits per heavy atom. The summed E-state index contributed by atoms with van der Waals surface area (Å²) in [5, 5.41) is 5.84. The monoisotopic (exact) mass is 322 g/mol. The molecule has 0 saturated carbocycles. The molecule has 0 aromatic rings. The smallest absolute Gasteiger partial charge is 0.328 e. The van der Waals surface area contributed by atoms with Crippen LogP contribution in [0.4, 0.5) is 0 Å². The first kappa shape index (κ1) is 19.7. The van der Waals surface area contributed by atoms with Crippen molar-refractivity contribution < 1.29 is 14.3 Å². The van der Waals surface area contributed by atoms with Crippen molar-refractivity contribution in [2.24, 2.45) is 0 Å². The lowest BCUT2D eigenvalue weighted by molar-refractivity contribution is -0.145. The molecule has 1 unspecified atom stereocenters. The highest BCUT2D eigenvalue weighted by molar-refractivity contribution is 8.44. The van der Waals surface area contributed by atoms with E-state index in [9.17, 15) is 9.59 Å². The minimum Gasteiger partial charge on any atom is -0.467 e. The fraction of sp³-hybridized carbons (Fsp3) is 0.846. The van der Waals surface area contributed by atoms with Crippen LogP contribution in [-0.2, 0) is 14.3 Å². The Hall–Kier alpha value is -0.320. The second-order valence-corrected chi connectivity index (χ2v) is 8.08. The third-order valence-corrected chi connectivity index (χ3v) is 5.83. The molecule has 2 N–H and O–H groups in total. The highest BCUT2D eigenvalue weighted by Crippen LogP contribution is 2.34. The van der Waals surface area contributed by atoms with Gasteiger partial charge < -0.3 is 15.4 Å². The molecule has 0 aliphatic carbocycles. The Bertz CT molecular complexity index is 349. The van der Waals surface area contributed by atoms with Crippen molar-refractivity contribution in [1.29, 1.82) is 0 Å².